The number of hydrogen-bond donors (Lipinski definition) is 2. The second-order valence-corrected chi connectivity index (χ2v) is 6.44. The summed E-state index contributed by atoms with van der Waals surface area (Å²) in [6.45, 7) is -0.940. The van der Waals surface area contributed by atoms with Crippen LogP contribution in [0, 0.1) is 0 Å². The largest absolute Gasteiger partial charge is 0.386 e. The topological polar surface area (TPSA) is 62.2 Å². The number of aliphatic hydroxyl groups excluding tert-OH is 1. The smallest absolute Gasteiger partial charge is 0.253 e. The molecule has 1 amide bonds. The Bertz CT molecular complexity index is 608. The number of aromatic nitrogens is 1. The van der Waals surface area contributed by atoms with Gasteiger partial charge < -0.3 is 10.4 Å². The van der Waals surface area contributed by atoms with Crippen LogP contribution in [0.15, 0.2) is 36.5 Å². The molecule has 0 aliphatic rings. The van der Waals surface area contributed by atoms with Crippen LogP contribution in [-0.4, -0.2) is 32.9 Å². The Morgan fingerprint density at radius 3 is 2.50 bits per heavy atom. The van der Waals surface area contributed by atoms with E-state index in [0.717, 1.165) is 10.4 Å². The van der Waals surface area contributed by atoms with Gasteiger partial charge >= 0.3 is 0 Å². The highest BCUT2D eigenvalue weighted by Gasteiger charge is 2.25. The molecule has 0 aliphatic carbocycles. The Labute approximate surface area is 141 Å². The minimum atomic E-state index is -1.31. The van der Waals surface area contributed by atoms with Gasteiger partial charge in [0.25, 0.3) is 5.91 Å². The van der Waals surface area contributed by atoms with E-state index >= 15 is 0 Å². The number of rotatable bonds is 6. The molecule has 2 unspecified atom stereocenters. The number of hydrogen-bond acceptors (Lipinski definition) is 4. The van der Waals surface area contributed by atoms with E-state index in [9.17, 15) is 14.3 Å². The van der Waals surface area contributed by atoms with E-state index in [0.29, 0.717) is 5.56 Å². The highest BCUT2D eigenvalue weighted by molar-refractivity contribution is 7.09. The summed E-state index contributed by atoms with van der Waals surface area (Å²) in [6.07, 6.45) is 0.503. The number of benzene rings is 1. The molecule has 0 fully saturated rings. The predicted molar refractivity (Wildman–Crippen MR) is 85.9 cm³/mol. The molecule has 8 heteroatoms. The first-order valence-electron chi connectivity index (χ1n) is 6.36. The zero-order valence-corrected chi connectivity index (χ0v) is 13.6. The molecule has 2 N–H and O–H groups in total. The molecule has 118 valence electrons. The average molecular weight is 363 g/mol. The van der Waals surface area contributed by atoms with Crippen molar-refractivity contribution in [2.45, 2.75) is 17.0 Å². The Morgan fingerprint density at radius 2 is 2.00 bits per heavy atom. The molecule has 2 aromatic rings. The van der Waals surface area contributed by atoms with Crippen molar-refractivity contribution >= 4 is 40.6 Å². The van der Waals surface area contributed by atoms with E-state index in [1.807, 2.05) is 6.07 Å². The van der Waals surface area contributed by atoms with Gasteiger partial charge in [0.05, 0.1) is 10.9 Å². The standard InChI is InChI=1S/C14H13Cl2FN2O2S/c15-13(16)14(21)19-10(7-17)12(20)9-3-1-8(2-4-9)11-5-6-18-22-11/h1-6,10,12-13,20H,7H2,(H,19,21). The highest BCUT2D eigenvalue weighted by atomic mass is 35.5. The lowest BCUT2D eigenvalue weighted by atomic mass is 10.0. The third-order valence-corrected chi connectivity index (χ3v) is 4.24. The van der Waals surface area contributed by atoms with Gasteiger partial charge in [0, 0.05) is 6.20 Å². The van der Waals surface area contributed by atoms with E-state index < -0.39 is 29.6 Å². The second-order valence-electron chi connectivity index (χ2n) is 4.51. The van der Waals surface area contributed by atoms with E-state index in [1.165, 1.54) is 11.5 Å². The Hall–Kier alpha value is -1.21. The molecule has 0 spiro atoms. The fraction of sp³-hybridized carbons (Fsp3) is 0.286. The van der Waals surface area contributed by atoms with Gasteiger partial charge in [-0.3, -0.25) is 4.79 Å². The molecule has 0 radical (unpaired) electrons. The lowest BCUT2D eigenvalue weighted by molar-refractivity contribution is -0.121. The summed E-state index contributed by atoms with van der Waals surface area (Å²) in [6, 6.07) is 7.72. The van der Waals surface area contributed by atoms with Crippen LogP contribution in [0.2, 0.25) is 0 Å². The van der Waals surface area contributed by atoms with Crippen molar-refractivity contribution in [1.29, 1.82) is 0 Å². The lowest BCUT2D eigenvalue weighted by Crippen LogP contribution is -2.43. The minimum absolute atomic E-state index is 0.483. The molecule has 0 saturated heterocycles. The Kier molecular flexibility index (Phi) is 6.14. The maximum atomic E-state index is 13.1. The first kappa shape index (κ1) is 17.1. The molecule has 22 heavy (non-hydrogen) atoms. The van der Waals surface area contributed by atoms with Crippen LogP contribution in [-0.2, 0) is 4.79 Å². The summed E-state index contributed by atoms with van der Waals surface area (Å²) in [7, 11) is 0. The summed E-state index contributed by atoms with van der Waals surface area (Å²) in [5.41, 5.74) is 1.43. The van der Waals surface area contributed by atoms with Crippen LogP contribution in [0.5, 0.6) is 0 Å². The average Bonchev–Trinajstić information content (AvgIpc) is 3.06. The molecule has 0 bridgehead atoms. The van der Waals surface area contributed by atoms with E-state index in [-0.39, 0.29) is 0 Å². The first-order valence-corrected chi connectivity index (χ1v) is 8.01. The van der Waals surface area contributed by atoms with Gasteiger partial charge in [-0.1, -0.05) is 47.5 Å². The quantitative estimate of drug-likeness (QED) is 0.776. The van der Waals surface area contributed by atoms with Crippen molar-refractivity contribution in [3.8, 4) is 10.4 Å². The Morgan fingerprint density at radius 1 is 1.32 bits per heavy atom. The van der Waals surface area contributed by atoms with E-state index in [2.05, 4.69) is 9.69 Å². The molecule has 0 aliphatic heterocycles. The summed E-state index contributed by atoms with van der Waals surface area (Å²) >= 11 is 12.2. The highest BCUT2D eigenvalue weighted by Crippen LogP contribution is 2.25. The molecule has 1 heterocycles. The van der Waals surface area contributed by atoms with Gasteiger partial charge in [0.1, 0.15) is 12.8 Å². The summed E-state index contributed by atoms with van der Waals surface area (Å²) < 4.78 is 17.1. The molecule has 1 aromatic carbocycles. The molecule has 2 atom stereocenters. The fourth-order valence-corrected chi connectivity index (χ4v) is 2.61. The van der Waals surface area contributed by atoms with Crippen LogP contribution >= 0.6 is 34.7 Å². The number of carbonyl (C=O) groups is 1. The first-order chi connectivity index (χ1) is 10.5. The monoisotopic (exact) mass is 362 g/mol. The molecule has 1 aromatic heterocycles. The van der Waals surface area contributed by atoms with Crippen LogP contribution < -0.4 is 5.32 Å². The van der Waals surface area contributed by atoms with Gasteiger partial charge in [0.2, 0.25) is 0 Å². The number of nitrogens with zero attached hydrogens (tertiary/aromatic N) is 1. The third kappa shape index (κ3) is 4.16. The lowest BCUT2D eigenvalue weighted by Gasteiger charge is -2.22. The van der Waals surface area contributed by atoms with Crippen molar-refractivity contribution < 1.29 is 14.3 Å². The number of carbonyl (C=O) groups excluding carboxylic acids is 1. The van der Waals surface area contributed by atoms with E-state index in [4.69, 9.17) is 23.2 Å². The third-order valence-electron chi connectivity index (χ3n) is 3.05. The van der Waals surface area contributed by atoms with Crippen LogP contribution in [0.4, 0.5) is 4.39 Å². The van der Waals surface area contributed by atoms with Crippen molar-refractivity contribution in [2.75, 3.05) is 6.67 Å². The SMILES string of the molecule is O=C(NC(CF)C(O)c1ccc(-c2ccns2)cc1)C(Cl)Cl. The summed E-state index contributed by atoms with van der Waals surface area (Å²) in [4.78, 5) is 11.1. The second kappa shape index (κ2) is 7.87. The van der Waals surface area contributed by atoms with Crippen molar-refractivity contribution in [1.82, 2.24) is 9.69 Å². The number of nitrogens with one attached hydrogen (secondary N) is 1. The summed E-state index contributed by atoms with van der Waals surface area (Å²) in [5, 5.41) is 12.5. The van der Waals surface area contributed by atoms with Gasteiger partial charge in [0.15, 0.2) is 4.84 Å². The van der Waals surface area contributed by atoms with Crippen LogP contribution in [0.1, 0.15) is 11.7 Å². The number of alkyl halides is 3. The van der Waals surface area contributed by atoms with Gasteiger partial charge in [-0.15, -0.1) is 0 Å². The molecule has 4 nitrogen and oxygen atoms in total. The zero-order chi connectivity index (χ0) is 16.1. The number of aliphatic hydroxyl groups is 1. The summed E-state index contributed by atoms with van der Waals surface area (Å²) in [5.74, 6) is -0.744. The molecule has 2 rings (SSSR count). The molecular formula is C14H13Cl2FN2O2S. The minimum Gasteiger partial charge on any atom is -0.386 e. The molecule has 0 saturated carbocycles. The normalized spacial score (nSPS) is 13.9. The number of halogens is 3. The predicted octanol–water partition coefficient (Wildman–Crippen LogP) is 3.10. The van der Waals surface area contributed by atoms with Crippen molar-refractivity contribution in [3.63, 3.8) is 0 Å². The van der Waals surface area contributed by atoms with Crippen molar-refractivity contribution in [2.24, 2.45) is 0 Å². The van der Waals surface area contributed by atoms with E-state index in [1.54, 1.807) is 30.5 Å². The fourth-order valence-electron chi connectivity index (χ4n) is 1.89. The maximum absolute atomic E-state index is 13.1. The van der Waals surface area contributed by atoms with Crippen molar-refractivity contribution in [3.05, 3.63) is 42.1 Å². The maximum Gasteiger partial charge on any atom is 0.253 e. The number of amides is 1. The van der Waals surface area contributed by atoms with Crippen LogP contribution in [0.3, 0.4) is 0 Å². The molecular weight excluding hydrogens is 350 g/mol. The van der Waals surface area contributed by atoms with Gasteiger partial charge in [-0.05, 0) is 28.7 Å². The zero-order valence-electron chi connectivity index (χ0n) is 11.2. The van der Waals surface area contributed by atoms with Gasteiger partial charge in [-0.25, -0.2) is 8.76 Å². The van der Waals surface area contributed by atoms with Crippen LogP contribution in [0.25, 0.3) is 10.4 Å². The Balaban J connectivity index is 2.10. The van der Waals surface area contributed by atoms with Gasteiger partial charge in [-0.2, -0.15) is 0 Å².